The highest BCUT2D eigenvalue weighted by atomic mass is 35.5. The average Bonchev–Trinajstić information content (AvgIpc) is 2.89. The molecule has 2 aliphatic heterocycles. The Morgan fingerprint density at radius 1 is 1.29 bits per heavy atom. The van der Waals surface area contributed by atoms with Gasteiger partial charge in [-0.3, -0.25) is 9.59 Å². The quantitative estimate of drug-likeness (QED) is 0.833. The van der Waals surface area contributed by atoms with Crippen LogP contribution in [0.3, 0.4) is 0 Å². The number of halogens is 1. The highest BCUT2D eigenvalue weighted by Crippen LogP contribution is 2.28. The van der Waals surface area contributed by atoms with Gasteiger partial charge < -0.3 is 14.5 Å². The molecule has 0 radical (unpaired) electrons. The van der Waals surface area contributed by atoms with Crippen molar-refractivity contribution in [3.8, 4) is 0 Å². The van der Waals surface area contributed by atoms with E-state index in [2.05, 4.69) is 0 Å². The summed E-state index contributed by atoms with van der Waals surface area (Å²) in [5.41, 5.74) is 0.754. The highest BCUT2D eigenvalue weighted by molar-refractivity contribution is 6.30. The van der Waals surface area contributed by atoms with Crippen LogP contribution in [0.2, 0.25) is 5.02 Å². The number of hydrogen-bond acceptors (Lipinski definition) is 3. The van der Waals surface area contributed by atoms with E-state index in [1.54, 1.807) is 21.9 Å². The molecule has 1 aromatic rings. The van der Waals surface area contributed by atoms with Crippen molar-refractivity contribution in [2.45, 2.75) is 6.42 Å². The molecule has 0 saturated carbocycles. The molecular formula is C15H17ClN2O3. The summed E-state index contributed by atoms with van der Waals surface area (Å²) in [5, 5.41) is 0.586. The molecule has 0 spiro atoms. The lowest BCUT2D eigenvalue weighted by molar-refractivity contribution is -0.139. The average molecular weight is 309 g/mol. The first kappa shape index (κ1) is 14.4. The Kier molecular flexibility index (Phi) is 4.12. The number of amides is 2. The Morgan fingerprint density at radius 2 is 2.05 bits per heavy atom. The number of ether oxygens (including phenoxy) is 1. The minimum atomic E-state index is -0.269. The Balaban J connectivity index is 1.70. The van der Waals surface area contributed by atoms with Crippen molar-refractivity contribution in [1.29, 1.82) is 0 Å². The van der Waals surface area contributed by atoms with Crippen LogP contribution in [-0.2, 0) is 14.3 Å². The molecule has 112 valence electrons. The van der Waals surface area contributed by atoms with Gasteiger partial charge in [0.25, 0.3) is 0 Å². The maximum absolute atomic E-state index is 12.5. The van der Waals surface area contributed by atoms with Crippen molar-refractivity contribution >= 4 is 29.1 Å². The molecule has 0 aromatic heterocycles. The van der Waals surface area contributed by atoms with Crippen LogP contribution in [0.5, 0.6) is 0 Å². The van der Waals surface area contributed by atoms with Crippen molar-refractivity contribution in [2.24, 2.45) is 5.92 Å². The molecule has 1 aromatic carbocycles. The standard InChI is InChI=1S/C15H17ClN2O3/c16-12-2-1-3-13(9-12)18-10-11(8-14(18)19)15(20)17-4-6-21-7-5-17/h1-3,9,11H,4-8,10H2. The van der Waals surface area contributed by atoms with Crippen molar-refractivity contribution in [2.75, 3.05) is 37.7 Å². The van der Waals surface area contributed by atoms with Crippen LogP contribution in [-0.4, -0.2) is 49.6 Å². The molecule has 5 nitrogen and oxygen atoms in total. The summed E-state index contributed by atoms with van der Waals surface area (Å²) < 4.78 is 5.25. The molecule has 2 heterocycles. The summed E-state index contributed by atoms with van der Waals surface area (Å²) >= 11 is 5.96. The molecule has 1 unspecified atom stereocenters. The zero-order valence-electron chi connectivity index (χ0n) is 11.6. The van der Waals surface area contributed by atoms with E-state index < -0.39 is 0 Å². The van der Waals surface area contributed by atoms with Gasteiger partial charge in [-0.1, -0.05) is 17.7 Å². The molecule has 2 amide bonds. The predicted octanol–water partition coefficient (Wildman–Crippen LogP) is 1.55. The van der Waals surface area contributed by atoms with E-state index in [0.717, 1.165) is 5.69 Å². The van der Waals surface area contributed by atoms with Crippen LogP contribution in [0.25, 0.3) is 0 Å². The smallest absolute Gasteiger partial charge is 0.228 e. The van der Waals surface area contributed by atoms with Crippen LogP contribution in [0.1, 0.15) is 6.42 Å². The van der Waals surface area contributed by atoms with E-state index in [1.807, 2.05) is 12.1 Å². The molecule has 1 atom stereocenters. The molecule has 3 rings (SSSR count). The second kappa shape index (κ2) is 6.03. The molecule has 0 bridgehead atoms. The molecule has 6 heteroatoms. The number of morpholine rings is 1. The lowest BCUT2D eigenvalue weighted by Gasteiger charge is -2.29. The predicted molar refractivity (Wildman–Crippen MR) is 79.3 cm³/mol. The van der Waals surface area contributed by atoms with Gasteiger partial charge in [0.1, 0.15) is 0 Å². The maximum Gasteiger partial charge on any atom is 0.228 e. The highest BCUT2D eigenvalue weighted by Gasteiger charge is 2.37. The van der Waals surface area contributed by atoms with Gasteiger partial charge in [-0.25, -0.2) is 0 Å². The van der Waals surface area contributed by atoms with E-state index in [0.29, 0.717) is 37.9 Å². The van der Waals surface area contributed by atoms with Gasteiger partial charge in [0.15, 0.2) is 0 Å². The molecule has 0 aliphatic carbocycles. The summed E-state index contributed by atoms with van der Waals surface area (Å²) in [4.78, 5) is 28.1. The first-order chi connectivity index (χ1) is 10.1. The summed E-state index contributed by atoms with van der Waals surface area (Å²) in [6.45, 7) is 2.80. The Hall–Kier alpha value is -1.59. The van der Waals surface area contributed by atoms with Gasteiger partial charge in [-0.2, -0.15) is 0 Å². The topological polar surface area (TPSA) is 49.9 Å². The summed E-state index contributed by atoms with van der Waals surface area (Å²) in [7, 11) is 0. The Bertz CT molecular complexity index is 558. The van der Waals surface area contributed by atoms with E-state index in [4.69, 9.17) is 16.3 Å². The van der Waals surface area contributed by atoms with Gasteiger partial charge in [-0.05, 0) is 18.2 Å². The van der Waals surface area contributed by atoms with E-state index >= 15 is 0 Å². The van der Waals surface area contributed by atoms with Gasteiger partial charge in [0.05, 0.1) is 19.1 Å². The van der Waals surface area contributed by atoms with Crippen LogP contribution in [0.15, 0.2) is 24.3 Å². The zero-order valence-corrected chi connectivity index (χ0v) is 12.4. The molecule has 2 aliphatic rings. The van der Waals surface area contributed by atoms with Gasteiger partial charge in [0.2, 0.25) is 11.8 Å². The van der Waals surface area contributed by atoms with Crippen LogP contribution >= 0.6 is 11.6 Å². The van der Waals surface area contributed by atoms with Crippen molar-refractivity contribution < 1.29 is 14.3 Å². The zero-order chi connectivity index (χ0) is 14.8. The Labute approximate surface area is 128 Å². The molecular weight excluding hydrogens is 292 g/mol. The van der Waals surface area contributed by atoms with Gasteiger partial charge in [-0.15, -0.1) is 0 Å². The summed E-state index contributed by atoms with van der Waals surface area (Å²) in [6.07, 6.45) is 0.267. The number of benzene rings is 1. The third-order valence-corrected chi connectivity index (χ3v) is 4.15. The summed E-state index contributed by atoms with van der Waals surface area (Å²) in [5.74, 6) is -0.241. The van der Waals surface area contributed by atoms with Crippen molar-refractivity contribution in [3.63, 3.8) is 0 Å². The minimum Gasteiger partial charge on any atom is -0.378 e. The first-order valence-electron chi connectivity index (χ1n) is 7.07. The third kappa shape index (κ3) is 3.04. The maximum atomic E-state index is 12.5. The SMILES string of the molecule is O=C(C1CC(=O)N(c2cccc(Cl)c2)C1)N1CCOCC1. The fourth-order valence-electron chi connectivity index (χ4n) is 2.81. The normalized spacial score (nSPS) is 22.7. The van der Waals surface area contributed by atoms with Crippen molar-refractivity contribution in [3.05, 3.63) is 29.3 Å². The molecule has 2 fully saturated rings. The number of carbonyl (C=O) groups excluding carboxylic acids is 2. The van der Waals surface area contributed by atoms with Crippen LogP contribution < -0.4 is 4.90 Å². The van der Waals surface area contributed by atoms with E-state index in [1.165, 1.54) is 0 Å². The second-order valence-corrected chi connectivity index (χ2v) is 5.76. The lowest BCUT2D eigenvalue weighted by atomic mass is 10.1. The fraction of sp³-hybridized carbons (Fsp3) is 0.467. The number of carbonyl (C=O) groups is 2. The van der Waals surface area contributed by atoms with Gasteiger partial charge >= 0.3 is 0 Å². The number of hydrogen-bond donors (Lipinski definition) is 0. The monoisotopic (exact) mass is 308 g/mol. The number of anilines is 1. The van der Waals surface area contributed by atoms with Crippen molar-refractivity contribution in [1.82, 2.24) is 4.90 Å². The molecule has 0 N–H and O–H groups in total. The minimum absolute atomic E-state index is 0.0242. The lowest BCUT2D eigenvalue weighted by Crippen LogP contribution is -2.44. The Morgan fingerprint density at radius 3 is 2.76 bits per heavy atom. The number of rotatable bonds is 2. The van der Waals surface area contributed by atoms with Crippen LogP contribution in [0.4, 0.5) is 5.69 Å². The second-order valence-electron chi connectivity index (χ2n) is 5.32. The van der Waals surface area contributed by atoms with E-state index in [9.17, 15) is 9.59 Å². The fourth-order valence-corrected chi connectivity index (χ4v) is 2.99. The molecule has 21 heavy (non-hydrogen) atoms. The third-order valence-electron chi connectivity index (χ3n) is 3.92. The number of nitrogens with zero attached hydrogens (tertiary/aromatic N) is 2. The van der Waals surface area contributed by atoms with Gasteiger partial charge in [0, 0.05) is 36.8 Å². The van der Waals surface area contributed by atoms with E-state index in [-0.39, 0.29) is 24.2 Å². The molecule has 2 saturated heterocycles. The van der Waals surface area contributed by atoms with Crippen LogP contribution in [0, 0.1) is 5.92 Å². The summed E-state index contributed by atoms with van der Waals surface area (Å²) in [6, 6.07) is 7.16. The largest absolute Gasteiger partial charge is 0.378 e. The first-order valence-corrected chi connectivity index (χ1v) is 7.45.